The van der Waals surface area contributed by atoms with Crippen molar-refractivity contribution < 1.29 is 9.47 Å². The number of ether oxygens (including phenoxy) is 2. The van der Waals surface area contributed by atoms with Crippen LogP contribution in [-0.2, 0) is 9.47 Å². The van der Waals surface area contributed by atoms with E-state index in [0.29, 0.717) is 5.92 Å². The molecule has 1 heterocycles. The molecule has 1 atom stereocenters. The molecule has 1 N–H and O–H groups in total. The van der Waals surface area contributed by atoms with Crippen molar-refractivity contribution in [2.75, 3.05) is 53.1 Å². The molecule has 0 amide bonds. The van der Waals surface area contributed by atoms with E-state index < -0.39 is 0 Å². The Hall–Kier alpha value is -0.0800. The lowest BCUT2D eigenvalue weighted by molar-refractivity contribution is 0.130. The van der Waals surface area contributed by atoms with Crippen LogP contribution in [0.4, 0.5) is 0 Å². The second-order valence-electron chi connectivity index (χ2n) is 5.61. The van der Waals surface area contributed by atoms with Gasteiger partial charge < -0.3 is 19.7 Å². The molecule has 0 aromatic heterocycles. The second-order valence-corrected chi connectivity index (χ2v) is 5.61. The van der Waals surface area contributed by atoms with Crippen molar-refractivity contribution in [1.29, 1.82) is 0 Å². The highest BCUT2D eigenvalue weighted by Gasteiger charge is 2.24. The van der Waals surface area contributed by atoms with Gasteiger partial charge in [0.15, 0.2) is 5.96 Å². The summed E-state index contributed by atoms with van der Waals surface area (Å²) in [5.41, 5.74) is 0. The molecule has 132 valence electrons. The van der Waals surface area contributed by atoms with Crippen LogP contribution in [0.3, 0.4) is 0 Å². The lowest BCUT2D eigenvalue weighted by atomic mass is 10.1. The predicted octanol–water partition coefficient (Wildman–Crippen LogP) is 2.75. The van der Waals surface area contributed by atoms with Gasteiger partial charge in [-0.25, -0.2) is 0 Å². The number of nitrogens with one attached hydrogen (secondary N) is 1. The van der Waals surface area contributed by atoms with E-state index in [0.717, 1.165) is 64.8 Å². The molecule has 0 aromatic rings. The maximum atomic E-state index is 5.57. The van der Waals surface area contributed by atoms with E-state index >= 15 is 0 Å². The molecule has 1 unspecified atom stereocenters. The van der Waals surface area contributed by atoms with Crippen LogP contribution < -0.4 is 5.32 Å². The van der Waals surface area contributed by atoms with Gasteiger partial charge >= 0.3 is 0 Å². The van der Waals surface area contributed by atoms with Crippen molar-refractivity contribution in [3.05, 3.63) is 0 Å². The molecule has 5 nitrogen and oxygen atoms in total. The Morgan fingerprint density at radius 3 is 2.73 bits per heavy atom. The van der Waals surface area contributed by atoms with Crippen LogP contribution in [0.25, 0.3) is 0 Å². The number of aliphatic imine (C=N–C) groups is 1. The van der Waals surface area contributed by atoms with Crippen LogP contribution in [-0.4, -0.2) is 64.0 Å². The van der Waals surface area contributed by atoms with Gasteiger partial charge in [0, 0.05) is 52.4 Å². The topological polar surface area (TPSA) is 46.1 Å². The predicted molar refractivity (Wildman–Crippen MR) is 103 cm³/mol. The van der Waals surface area contributed by atoms with Gasteiger partial charge in [0.25, 0.3) is 0 Å². The smallest absolute Gasteiger partial charge is 0.193 e. The van der Waals surface area contributed by atoms with E-state index in [1.807, 2.05) is 0 Å². The molecular weight excluding hydrogens is 393 g/mol. The zero-order valence-electron chi connectivity index (χ0n) is 14.5. The Morgan fingerprint density at radius 1 is 1.27 bits per heavy atom. The third-order valence-electron chi connectivity index (χ3n) is 3.67. The minimum atomic E-state index is 0. The first-order valence-electron chi connectivity index (χ1n) is 8.41. The van der Waals surface area contributed by atoms with Gasteiger partial charge in [-0.15, -0.1) is 24.0 Å². The lowest BCUT2D eigenvalue weighted by Gasteiger charge is -2.21. The number of halogens is 1. The molecule has 6 heteroatoms. The summed E-state index contributed by atoms with van der Waals surface area (Å²) in [5, 5.41) is 3.39. The molecule has 0 spiro atoms. The van der Waals surface area contributed by atoms with Crippen LogP contribution in [0.1, 0.15) is 39.5 Å². The van der Waals surface area contributed by atoms with Gasteiger partial charge in [-0.2, -0.15) is 0 Å². The average Bonchev–Trinajstić information content (AvgIpc) is 2.94. The first-order chi connectivity index (χ1) is 10.3. The molecule has 22 heavy (non-hydrogen) atoms. The first kappa shape index (κ1) is 21.9. The zero-order valence-corrected chi connectivity index (χ0v) is 16.8. The molecule has 0 bridgehead atoms. The number of unbranched alkanes of at least 4 members (excludes halogenated alkanes) is 1. The van der Waals surface area contributed by atoms with E-state index in [9.17, 15) is 0 Å². The maximum absolute atomic E-state index is 5.57. The van der Waals surface area contributed by atoms with E-state index in [2.05, 4.69) is 24.1 Å². The Balaban J connectivity index is 0.00000441. The number of guanidine groups is 1. The van der Waals surface area contributed by atoms with Gasteiger partial charge in [-0.05, 0) is 26.2 Å². The third kappa shape index (κ3) is 9.15. The highest BCUT2D eigenvalue weighted by Crippen LogP contribution is 2.16. The summed E-state index contributed by atoms with van der Waals surface area (Å²) in [6.07, 6.45) is 4.53. The fourth-order valence-electron chi connectivity index (χ4n) is 2.52. The summed E-state index contributed by atoms with van der Waals surface area (Å²) in [7, 11) is 1.78. The Kier molecular flexibility index (Phi) is 14.5. The van der Waals surface area contributed by atoms with Crippen LogP contribution in [0.15, 0.2) is 4.99 Å². The molecule has 0 aromatic carbocycles. The quantitative estimate of drug-likeness (QED) is 0.252. The number of methoxy groups -OCH3 is 1. The summed E-state index contributed by atoms with van der Waals surface area (Å²) >= 11 is 0. The van der Waals surface area contributed by atoms with Gasteiger partial charge in [-0.1, -0.05) is 13.3 Å². The Morgan fingerprint density at radius 2 is 2.05 bits per heavy atom. The molecule has 1 aliphatic rings. The van der Waals surface area contributed by atoms with Crippen LogP contribution in [0, 0.1) is 5.92 Å². The fraction of sp³-hybridized carbons (Fsp3) is 0.938. The Bertz CT molecular complexity index is 291. The standard InChI is InChI=1S/C16H33N3O2.HI/c1-4-6-11-21-12-7-9-18-16(17-5-2)19-10-8-15(13-19)14-20-3;/h15H,4-14H2,1-3H3,(H,17,18);1H. The van der Waals surface area contributed by atoms with E-state index in [-0.39, 0.29) is 24.0 Å². The zero-order chi connectivity index (χ0) is 15.3. The number of hydrogen-bond acceptors (Lipinski definition) is 3. The van der Waals surface area contributed by atoms with Crippen molar-refractivity contribution in [1.82, 2.24) is 10.2 Å². The summed E-state index contributed by atoms with van der Waals surface area (Å²) in [5.74, 6) is 1.68. The van der Waals surface area contributed by atoms with Gasteiger partial charge in [0.2, 0.25) is 0 Å². The number of likely N-dealkylation sites (tertiary alicyclic amines) is 1. The van der Waals surface area contributed by atoms with E-state index in [1.165, 1.54) is 12.8 Å². The summed E-state index contributed by atoms with van der Waals surface area (Å²) in [6.45, 7) is 10.7. The van der Waals surface area contributed by atoms with Crippen LogP contribution >= 0.6 is 24.0 Å². The van der Waals surface area contributed by atoms with Gasteiger partial charge in [-0.3, -0.25) is 4.99 Å². The number of hydrogen-bond donors (Lipinski definition) is 1. The fourth-order valence-corrected chi connectivity index (χ4v) is 2.52. The Labute approximate surface area is 153 Å². The van der Waals surface area contributed by atoms with Crippen molar-refractivity contribution >= 4 is 29.9 Å². The SMILES string of the molecule is CCCCOCCCN=C(NCC)N1CCC(COC)C1.I. The van der Waals surface area contributed by atoms with E-state index in [4.69, 9.17) is 14.5 Å². The molecule has 1 rings (SSSR count). The van der Waals surface area contributed by atoms with Gasteiger partial charge in [0.05, 0.1) is 6.61 Å². The van der Waals surface area contributed by atoms with Crippen LogP contribution in [0.2, 0.25) is 0 Å². The second kappa shape index (κ2) is 14.5. The van der Waals surface area contributed by atoms with Gasteiger partial charge in [0.1, 0.15) is 0 Å². The average molecular weight is 427 g/mol. The minimum absolute atomic E-state index is 0. The minimum Gasteiger partial charge on any atom is -0.384 e. The molecule has 0 saturated carbocycles. The lowest BCUT2D eigenvalue weighted by Crippen LogP contribution is -2.40. The monoisotopic (exact) mass is 427 g/mol. The molecule has 1 fully saturated rings. The highest BCUT2D eigenvalue weighted by atomic mass is 127. The van der Waals surface area contributed by atoms with Crippen LogP contribution in [0.5, 0.6) is 0 Å². The first-order valence-corrected chi connectivity index (χ1v) is 8.41. The largest absolute Gasteiger partial charge is 0.384 e. The summed E-state index contributed by atoms with van der Waals surface area (Å²) in [4.78, 5) is 7.07. The summed E-state index contributed by atoms with van der Waals surface area (Å²) < 4.78 is 10.8. The molecular formula is C16H34IN3O2. The molecule has 1 saturated heterocycles. The normalized spacial score (nSPS) is 18.4. The van der Waals surface area contributed by atoms with E-state index in [1.54, 1.807) is 7.11 Å². The van der Waals surface area contributed by atoms with Crippen molar-refractivity contribution in [3.8, 4) is 0 Å². The number of nitrogens with zero attached hydrogens (tertiary/aromatic N) is 2. The van der Waals surface area contributed by atoms with Crippen molar-refractivity contribution in [2.24, 2.45) is 10.9 Å². The third-order valence-corrected chi connectivity index (χ3v) is 3.67. The summed E-state index contributed by atoms with van der Waals surface area (Å²) in [6, 6.07) is 0. The maximum Gasteiger partial charge on any atom is 0.193 e. The van der Waals surface area contributed by atoms with Crippen molar-refractivity contribution in [2.45, 2.75) is 39.5 Å². The molecule has 0 radical (unpaired) electrons. The number of rotatable bonds is 10. The highest BCUT2D eigenvalue weighted by molar-refractivity contribution is 14.0. The molecule has 1 aliphatic heterocycles. The molecule has 0 aliphatic carbocycles. The van der Waals surface area contributed by atoms with Crippen molar-refractivity contribution in [3.63, 3.8) is 0 Å².